The molecule has 0 aromatic carbocycles. The lowest BCUT2D eigenvalue weighted by atomic mass is 9.97. The van der Waals surface area contributed by atoms with Crippen LogP contribution in [0, 0.1) is 5.92 Å². The maximum atomic E-state index is 5.30. The van der Waals surface area contributed by atoms with E-state index in [4.69, 9.17) is 4.52 Å². The van der Waals surface area contributed by atoms with E-state index in [2.05, 4.69) is 34.2 Å². The Hall–Kier alpha value is -0.650. The van der Waals surface area contributed by atoms with Crippen LogP contribution < -0.4 is 5.32 Å². The van der Waals surface area contributed by atoms with E-state index in [9.17, 15) is 0 Å². The molecule has 1 saturated heterocycles. The third kappa shape index (κ3) is 5.38. The summed E-state index contributed by atoms with van der Waals surface area (Å²) in [4.78, 5) is 6.85. The van der Waals surface area contributed by atoms with Crippen LogP contribution in [0.5, 0.6) is 0 Å². The number of hydrogen-bond donors (Lipinski definition) is 1. The molecule has 2 rings (SSSR count). The van der Waals surface area contributed by atoms with Crippen molar-refractivity contribution < 1.29 is 4.52 Å². The minimum absolute atomic E-state index is 0. The highest BCUT2D eigenvalue weighted by Crippen LogP contribution is 2.18. The van der Waals surface area contributed by atoms with Crippen molar-refractivity contribution in [1.82, 2.24) is 20.4 Å². The van der Waals surface area contributed by atoms with Gasteiger partial charge in [-0.05, 0) is 51.4 Å². The first-order chi connectivity index (χ1) is 9.31. The number of aryl methyl sites for hydroxylation is 1. The van der Waals surface area contributed by atoms with Crippen LogP contribution >= 0.6 is 12.4 Å². The van der Waals surface area contributed by atoms with Crippen LogP contribution in [0.1, 0.15) is 44.8 Å². The standard InChI is InChI=1S/C14H26N4O.ClH/c1-3-5-13-16-14(19-17-13)11-18-8-6-12(7-9-18)10-15-4-2;/h12,15H,3-11H2,1-2H3;1H. The van der Waals surface area contributed by atoms with E-state index in [1.807, 2.05) is 0 Å². The van der Waals surface area contributed by atoms with Gasteiger partial charge in [0, 0.05) is 6.42 Å². The lowest BCUT2D eigenvalue weighted by molar-refractivity contribution is 0.158. The highest BCUT2D eigenvalue weighted by atomic mass is 35.5. The Bertz CT molecular complexity index is 364. The lowest BCUT2D eigenvalue weighted by Crippen LogP contribution is -2.36. The molecule has 0 amide bonds. The molecule has 2 heterocycles. The second-order valence-electron chi connectivity index (χ2n) is 5.38. The van der Waals surface area contributed by atoms with Gasteiger partial charge in [-0.1, -0.05) is 19.0 Å². The molecular formula is C14H27ClN4O. The minimum atomic E-state index is 0. The van der Waals surface area contributed by atoms with Gasteiger partial charge in [0.25, 0.3) is 0 Å². The molecule has 1 N–H and O–H groups in total. The predicted octanol–water partition coefficient (Wildman–Crippen LogP) is 2.27. The Morgan fingerprint density at radius 1 is 1.30 bits per heavy atom. The molecule has 5 nitrogen and oxygen atoms in total. The van der Waals surface area contributed by atoms with E-state index in [-0.39, 0.29) is 12.4 Å². The molecule has 20 heavy (non-hydrogen) atoms. The molecule has 0 bridgehead atoms. The molecular weight excluding hydrogens is 276 g/mol. The molecule has 0 unspecified atom stereocenters. The molecule has 6 heteroatoms. The fourth-order valence-electron chi connectivity index (χ4n) is 2.57. The van der Waals surface area contributed by atoms with Crippen LogP contribution in [0.3, 0.4) is 0 Å². The molecule has 0 aliphatic carbocycles. The van der Waals surface area contributed by atoms with Crippen LogP contribution in [-0.4, -0.2) is 41.2 Å². The van der Waals surface area contributed by atoms with E-state index >= 15 is 0 Å². The number of likely N-dealkylation sites (tertiary alicyclic amines) is 1. The Morgan fingerprint density at radius 2 is 2.05 bits per heavy atom. The fourth-order valence-corrected chi connectivity index (χ4v) is 2.57. The number of rotatable bonds is 7. The third-order valence-corrected chi connectivity index (χ3v) is 3.73. The maximum Gasteiger partial charge on any atom is 0.240 e. The summed E-state index contributed by atoms with van der Waals surface area (Å²) < 4.78 is 5.30. The second-order valence-corrected chi connectivity index (χ2v) is 5.38. The summed E-state index contributed by atoms with van der Waals surface area (Å²) in [5, 5.41) is 7.44. The zero-order valence-electron chi connectivity index (χ0n) is 12.6. The zero-order valence-corrected chi connectivity index (χ0v) is 13.4. The SMILES string of the molecule is CCCc1noc(CN2CCC(CNCC)CC2)n1.Cl. The van der Waals surface area contributed by atoms with Gasteiger partial charge < -0.3 is 9.84 Å². The molecule has 1 aromatic rings. The Balaban J connectivity index is 0.00000200. The van der Waals surface area contributed by atoms with Gasteiger partial charge in [-0.3, -0.25) is 4.90 Å². The number of nitrogens with zero attached hydrogens (tertiary/aromatic N) is 3. The topological polar surface area (TPSA) is 54.2 Å². The third-order valence-electron chi connectivity index (χ3n) is 3.73. The highest BCUT2D eigenvalue weighted by Gasteiger charge is 2.20. The summed E-state index contributed by atoms with van der Waals surface area (Å²) in [5.74, 6) is 2.45. The van der Waals surface area contributed by atoms with Crippen LogP contribution in [-0.2, 0) is 13.0 Å². The molecule has 1 fully saturated rings. The molecule has 0 atom stereocenters. The van der Waals surface area contributed by atoms with Gasteiger partial charge in [0.15, 0.2) is 5.82 Å². The molecule has 0 radical (unpaired) electrons. The van der Waals surface area contributed by atoms with Crippen molar-refractivity contribution in [3.63, 3.8) is 0 Å². The lowest BCUT2D eigenvalue weighted by Gasteiger charge is -2.30. The molecule has 0 spiro atoms. The second kappa shape index (κ2) is 9.32. The minimum Gasteiger partial charge on any atom is -0.338 e. The van der Waals surface area contributed by atoms with Crippen molar-refractivity contribution in [3.05, 3.63) is 11.7 Å². The molecule has 116 valence electrons. The van der Waals surface area contributed by atoms with Crippen molar-refractivity contribution in [2.75, 3.05) is 26.2 Å². The summed E-state index contributed by atoms with van der Waals surface area (Å²) in [6.07, 6.45) is 4.51. The normalized spacial score (nSPS) is 17.1. The van der Waals surface area contributed by atoms with E-state index in [0.717, 1.165) is 63.2 Å². The fraction of sp³-hybridized carbons (Fsp3) is 0.857. The van der Waals surface area contributed by atoms with Crippen LogP contribution in [0.2, 0.25) is 0 Å². The van der Waals surface area contributed by atoms with E-state index < -0.39 is 0 Å². The zero-order chi connectivity index (χ0) is 13.5. The van der Waals surface area contributed by atoms with Gasteiger partial charge in [0.05, 0.1) is 6.54 Å². The number of halogens is 1. The Morgan fingerprint density at radius 3 is 2.70 bits per heavy atom. The van der Waals surface area contributed by atoms with Crippen molar-refractivity contribution in [2.24, 2.45) is 5.92 Å². The van der Waals surface area contributed by atoms with Crippen LogP contribution in [0.15, 0.2) is 4.52 Å². The summed E-state index contributed by atoms with van der Waals surface area (Å²) in [7, 11) is 0. The van der Waals surface area contributed by atoms with Crippen LogP contribution in [0.4, 0.5) is 0 Å². The summed E-state index contributed by atoms with van der Waals surface area (Å²) in [5.41, 5.74) is 0. The molecule has 1 aromatic heterocycles. The van der Waals surface area contributed by atoms with Crippen molar-refractivity contribution in [2.45, 2.75) is 46.1 Å². The molecule has 0 saturated carbocycles. The first kappa shape index (κ1) is 17.4. The predicted molar refractivity (Wildman–Crippen MR) is 82.1 cm³/mol. The van der Waals surface area contributed by atoms with E-state index in [0.29, 0.717) is 0 Å². The average Bonchev–Trinajstić information content (AvgIpc) is 2.86. The number of piperidine rings is 1. The highest BCUT2D eigenvalue weighted by molar-refractivity contribution is 5.85. The Kier molecular flexibility index (Phi) is 8.11. The quantitative estimate of drug-likeness (QED) is 0.837. The van der Waals surface area contributed by atoms with Gasteiger partial charge in [0.1, 0.15) is 0 Å². The summed E-state index contributed by atoms with van der Waals surface area (Å²) >= 11 is 0. The molecule has 1 aliphatic heterocycles. The van der Waals surface area contributed by atoms with E-state index in [1.54, 1.807) is 0 Å². The summed E-state index contributed by atoms with van der Waals surface area (Å²) in [6, 6.07) is 0. The monoisotopic (exact) mass is 302 g/mol. The Labute approximate surface area is 127 Å². The van der Waals surface area contributed by atoms with Crippen molar-refractivity contribution in [1.29, 1.82) is 0 Å². The first-order valence-corrected chi connectivity index (χ1v) is 7.56. The van der Waals surface area contributed by atoms with Gasteiger partial charge in [-0.25, -0.2) is 0 Å². The number of nitrogens with one attached hydrogen (secondary N) is 1. The maximum absolute atomic E-state index is 5.30. The van der Waals surface area contributed by atoms with Gasteiger partial charge >= 0.3 is 0 Å². The van der Waals surface area contributed by atoms with Crippen LogP contribution in [0.25, 0.3) is 0 Å². The van der Waals surface area contributed by atoms with Gasteiger partial charge in [0.2, 0.25) is 5.89 Å². The number of hydrogen-bond acceptors (Lipinski definition) is 5. The first-order valence-electron chi connectivity index (χ1n) is 7.56. The smallest absolute Gasteiger partial charge is 0.240 e. The van der Waals surface area contributed by atoms with Crippen molar-refractivity contribution in [3.8, 4) is 0 Å². The number of aromatic nitrogens is 2. The van der Waals surface area contributed by atoms with Gasteiger partial charge in [-0.2, -0.15) is 4.98 Å². The largest absolute Gasteiger partial charge is 0.338 e. The van der Waals surface area contributed by atoms with E-state index in [1.165, 1.54) is 12.8 Å². The van der Waals surface area contributed by atoms with Crippen molar-refractivity contribution >= 4 is 12.4 Å². The van der Waals surface area contributed by atoms with Gasteiger partial charge in [-0.15, -0.1) is 12.4 Å². The summed E-state index contributed by atoms with van der Waals surface area (Å²) in [6.45, 7) is 9.62. The average molecular weight is 303 g/mol. The molecule has 1 aliphatic rings.